The third-order valence-corrected chi connectivity index (χ3v) is 5.72. The fourth-order valence-corrected chi connectivity index (χ4v) is 3.84. The van der Waals surface area contributed by atoms with E-state index < -0.39 is 0 Å². The molecule has 0 aromatic rings. The fourth-order valence-electron chi connectivity index (χ4n) is 3.44. The van der Waals surface area contributed by atoms with Crippen LogP contribution in [0.5, 0.6) is 0 Å². The first kappa shape index (κ1) is 25.9. The lowest BCUT2D eigenvalue weighted by molar-refractivity contribution is -0.129. The van der Waals surface area contributed by atoms with E-state index in [0.717, 1.165) is 12.8 Å². The molecule has 26 heavy (non-hydrogen) atoms. The van der Waals surface area contributed by atoms with Crippen LogP contribution in [0.3, 0.4) is 0 Å². The Kier molecular flexibility index (Phi) is 22.9. The quantitative estimate of drug-likeness (QED) is 0.0842. The zero-order valence-electron chi connectivity index (χ0n) is 17.1. The standard InChI is InChI=1S/C22H44BrNO2/c23-21-19-17-15-13-11-9-7-5-3-1-2-4-6-8-10-12-14-16-18-20-22(25)24-26/h26H,1-21H2,(H,24,25). The van der Waals surface area contributed by atoms with Crippen LogP contribution in [0.1, 0.15) is 128 Å². The van der Waals surface area contributed by atoms with Crippen molar-refractivity contribution in [2.24, 2.45) is 0 Å². The number of hydroxylamine groups is 1. The van der Waals surface area contributed by atoms with Gasteiger partial charge in [0.15, 0.2) is 0 Å². The normalized spacial score (nSPS) is 11.0. The Balaban J connectivity index is 3.00. The molecule has 0 atom stereocenters. The average Bonchev–Trinajstić information content (AvgIpc) is 2.66. The maximum absolute atomic E-state index is 10.8. The van der Waals surface area contributed by atoms with Crippen LogP contribution in [0.25, 0.3) is 0 Å². The van der Waals surface area contributed by atoms with E-state index in [-0.39, 0.29) is 5.91 Å². The van der Waals surface area contributed by atoms with Crippen molar-refractivity contribution in [3.8, 4) is 0 Å². The first-order valence-electron chi connectivity index (χ1n) is 11.3. The van der Waals surface area contributed by atoms with Crippen molar-refractivity contribution in [1.29, 1.82) is 0 Å². The molecule has 0 saturated carbocycles. The largest absolute Gasteiger partial charge is 0.289 e. The van der Waals surface area contributed by atoms with Crippen LogP contribution in [0.15, 0.2) is 0 Å². The first-order chi connectivity index (χ1) is 12.8. The van der Waals surface area contributed by atoms with Crippen LogP contribution in [-0.4, -0.2) is 16.4 Å². The molecule has 0 fully saturated rings. The molecule has 1 amide bonds. The predicted octanol–water partition coefficient (Wildman–Crippen LogP) is 7.69. The Bertz CT molecular complexity index is 287. The van der Waals surface area contributed by atoms with Crippen LogP contribution in [0.4, 0.5) is 0 Å². The van der Waals surface area contributed by atoms with Gasteiger partial charge in [0.25, 0.3) is 0 Å². The summed E-state index contributed by atoms with van der Waals surface area (Å²) >= 11 is 3.49. The number of carbonyl (C=O) groups is 1. The number of hydrogen-bond donors (Lipinski definition) is 2. The lowest BCUT2D eigenvalue weighted by Crippen LogP contribution is -2.17. The lowest BCUT2D eigenvalue weighted by Gasteiger charge is -2.04. The molecule has 0 unspecified atom stereocenters. The van der Waals surface area contributed by atoms with Crippen molar-refractivity contribution in [1.82, 2.24) is 5.48 Å². The molecule has 0 heterocycles. The highest BCUT2D eigenvalue weighted by molar-refractivity contribution is 9.09. The summed E-state index contributed by atoms with van der Waals surface area (Å²) in [5.41, 5.74) is 1.69. The van der Waals surface area contributed by atoms with Gasteiger partial charge in [0, 0.05) is 11.8 Å². The third kappa shape index (κ3) is 22.0. The minimum absolute atomic E-state index is 0.258. The molecule has 0 saturated heterocycles. The van der Waals surface area contributed by atoms with E-state index in [4.69, 9.17) is 5.21 Å². The van der Waals surface area contributed by atoms with Crippen molar-refractivity contribution in [2.45, 2.75) is 128 Å². The summed E-state index contributed by atoms with van der Waals surface area (Å²) in [7, 11) is 0. The Morgan fingerprint density at radius 1 is 0.538 bits per heavy atom. The van der Waals surface area contributed by atoms with Gasteiger partial charge in [0.1, 0.15) is 0 Å². The zero-order chi connectivity index (χ0) is 19.1. The van der Waals surface area contributed by atoms with E-state index in [1.165, 1.54) is 114 Å². The summed E-state index contributed by atoms with van der Waals surface area (Å²) in [6, 6.07) is 0. The van der Waals surface area contributed by atoms with Crippen molar-refractivity contribution < 1.29 is 10.0 Å². The number of hydrogen-bond acceptors (Lipinski definition) is 2. The van der Waals surface area contributed by atoms with Gasteiger partial charge < -0.3 is 0 Å². The number of carbonyl (C=O) groups excluding carboxylic acids is 1. The summed E-state index contributed by atoms with van der Waals surface area (Å²) in [4.78, 5) is 10.8. The Morgan fingerprint density at radius 3 is 1.08 bits per heavy atom. The monoisotopic (exact) mass is 433 g/mol. The lowest BCUT2D eigenvalue weighted by atomic mass is 10.0. The van der Waals surface area contributed by atoms with Crippen molar-refractivity contribution in [3.63, 3.8) is 0 Å². The number of alkyl halides is 1. The second kappa shape index (κ2) is 23.0. The Hall–Kier alpha value is -0.0900. The molecular weight excluding hydrogens is 390 g/mol. The summed E-state index contributed by atoms with van der Waals surface area (Å²) in [5.74, 6) is -0.258. The summed E-state index contributed by atoms with van der Waals surface area (Å²) in [5, 5.41) is 9.56. The SMILES string of the molecule is O=C(CCCCCCCCCCCCCCCCCCCCCBr)NO. The van der Waals surface area contributed by atoms with Crippen LogP contribution in [0.2, 0.25) is 0 Å². The van der Waals surface area contributed by atoms with Crippen LogP contribution in [-0.2, 0) is 4.79 Å². The molecule has 156 valence electrons. The van der Waals surface area contributed by atoms with Gasteiger partial charge in [0.2, 0.25) is 5.91 Å². The second-order valence-corrected chi connectivity index (χ2v) is 8.48. The molecule has 0 rings (SSSR count). The van der Waals surface area contributed by atoms with E-state index in [0.29, 0.717) is 6.42 Å². The van der Waals surface area contributed by atoms with Gasteiger partial charge in [-0.1, -0.05) is 125 Å². The van der Waals surface area contributed by atoms with Gasteiger partial charge in [-0.15, -0.1) is 0 Å². The molecule has 0 spiro atoms. The summed E-state index contributed by atoms with van der Waals surface area (Å²) < 4.78 is 0. The van der Waals surface area contributed by atoms with Gasteiger partial charge in [-0.25, -0.2) is 5.48 Å². The molecule has 3 nitrogen and oxygen atoms in total. The topological polar surface area (TPSA) is 49.3 Å². The predicted molar refractivity (Wildman–Crippen MR) is 116 cm³/mol. The minimum Gasteiger partial charge on any atom is -0.289 e. The van der Waals surface area contributed by atoms with E-state index >= 15 is 0 Å². The van der Waals surface area contributed by atoms with Gasteiger partial charge >= 0.3 is 0 Å². The molecule has 0 aliphatic heterocycles. The molecule has 0 aliphatic carbocycles. The number of amides is 1. The molecule has 0 aromatic heterocycles. The van der Waals surface area contributed by atoms with Gasteiger partial charge in [0.05, 0.1) is 0 Å². The van der Waals surface area contributed by atoms with Gasteiger partial charge in [-0.3, -0.25) is 10.0 Å². The first-order valence-corrected chi connectivity index (χ1v) is 12.4. The highest BCUT2D eigenvalue weighted by atomic mass is 79.9. The molecule has 0 aliphatic rings. The highest BCUT2D eigenvalue weighted by Gasteiger charge is 1.98. The number of rotatable bonds is 21. The van der Waals surface area contributed by atoms with Crippen LogP contribution in [0, 0.1) is 0 Å². The number of nitrogens with one attached hydrogen (secondary N) is 1. The molecular formula is C22H44BrNO2. The van der Waals surface area contributed by atoms with Crippen LogP contribution >= 0.6 is 15.9 Å². The van der Waals surface area contributed by atoms with Gasteiger partial charge in [-0.05, 0) is 12.8 Å². The Morgan fingerprint density at radius 2 is 0.808 bits per heavy atom. The van der Waals surface area contributed by atoms with E-state index in [2.05, 4.69) is 15.9 Å². The van der Waals surface area contributed by atoms with Crippen molar-refractivity contribution in [2.75, 3.05) is 5.33 Å². The third-order valence-electron chi connectivity index (χ3n) is 5.16. The van der Waals surface area contributed by atoms with E-state index in [1.54, 1.807) is 5.48 Å². The van der Waals surface area contributed by atoms with E-state index in [9.17, 15) is 4.79 Å². The maximum Gasteiger partial charge on any atom is 0.243 e. The fraction of sp³-hybridized carbons (Fsp3) is 0.955. The highest BCUT2D eigenvalue weighted by Crippen LogP contribution is 2.14. The van der Waals surface area contributed by atoms with Gasteiger partial charge in [-0.2, -0.15) is 0 Å². The molecule has 0 aromatic carbocycles. The van der Waals surface area contributed by atoms with E-state index in [1.807, 2.05) is 0 Å². The minimum atomic E-state index is -0.258. The van der Waals surface area contributed by atoms with Crippen molar-refractivity contribution in [3.05, 3.63) is 0 Å². The molecule has 2 N–H and O–H groups in total. The average molecular weight is 435 g/mol. The zero-order valence-corrected chi connectivity index (χ0v) is 18.7. The summed E-state index contributed by atoms with van der Waals surface area (Å²) in [6.07, 6.45) is 26.1. The second-order valence-electron chi connectivity index (χ2n) is 7.69. The maximum atomic E-state index is 10.8. The van der Waals surface area contributed by atoms with Crippen molar-refractivity contribution >= 4 is 21.8 Å². The smallest absolute Gasteiger partial charge is 0.243 e. The summed E-state index contributed by atoms with van der Waals surface area (Å²) in [6.45, 7) is 0. The molecule has 4 heteroatoms. The molecule has 0 radical (unpaired) electrons. The molecule has 0 bridgehead atoms. The number of halogens is 1. The van der Waals surface area contributed by atoms with Crippen LogP contribution < -0.4 is 5.48 Å². The Labute approximate surface area is 171 Å². The number of unbranched alkanes of at least 4 members (excludes halogenated alkanes) is 18.